The van der Waals surface area contributed by atoms with Gasteiger partial charge in [0, 0.05) is 38.0 Å². The zero-order valence-electron chi connectivity index (χ0n) is 18.4. The Hall–Kier alpha value is -3.02. The summed E-state index contributed by atoms with van der Waals surface area (Å²) in [7, 11) is 3.50. The van der Waals surface area contributed by atoms with Gasteiger partial charge < -0.3 is 20.3 Å². The maximum Gasteiger partial charge on any atom is 0.243 e. The second-order valence-electron chi connectivity index (χ2n) is 7.95. The van der Waals surface area contributed by atoms with Gasteiger partial charge in [-0.1, -0.05) is 32.0 Å². The molecule has 0 radical (unpaired) electrons. The van der Waals surface area contributed by atoms with Crippen LogP contribution in [0, 0.1) is 5.92 Å². The number of hydrogen-bond acceptors (Lipinski definition) is 4. The predicted molar refractivity (Wildman–Crippen MR) is 122 cm³/mol. The average Bonchev–Trinajstić information content (AvgIpc) is 2.71. The third-order valence-corrected chi connectivity index (χ3v) is 4.59. The van der Waals surface area contributed by atoms with Crippen molar-refractivity contribution in [2.24, 2.45) is 5.92 Å². The van der Waals surface area contributed by atoms with Crippen LogP contribution >= 0.6 is 0 Å². The summed E-state index contributed by atoms with van der Waals surface area (Å²) < 4.78 is 5.76. The van der Waals surface area contributed by atoms with Crippen LogP contribution in [0.1, 0.15) is 32.3 Å². The second kappa shape index (κ2) is 11.9. The van der Waals surface area contributed by atoms with E-state index in [4.69, 9.17) is 4.74 Å². The van der Waals surface area contributed by atoms with Crippen LogP contribution in [0.2, 0.25) is 0 Å². The summed E-state index contributed by atoms with van der Waals surface area (Å²) in [4.78, 5) is 25.7. The molecular formula is C24H33N3O3. The first kappa shape index (κ1) is 23.3. The molecule has 0 unspecified atom stereocenters. The number of benzene rings is 2. The molecule has 0 saturated heterocycles. The van der Waals surface area contributed by atoms with Gasteiger partial charge in [0.25, 0.3) is 0 Å². The molecule has 0 aromatic heterocycles. The summed E-state index contributed by atoms with van der Waals surface area (Å²) in [6.45, 7) is 5.16. The van der Waals surface area contributed by atoms with E-state index >= 15 is 0 Å². The highest BCUT2D eigenvalue weighted by Gasteiger charge is 2.07. The molecule has 2 aromatic rings. The van der Waals surface area contributed by atoms with Crippen LogP contribution < -0.4 is 15.4 Å². The van der Waals surface area contributed by atoms with E-state index in [-0.39, 0.29) is 18.4 Å². The fraction of sp³-hybridized carbons (Fsp3) is 0.417. The molecule has 0 saturated carbocycles. The number of hydrogen-bond donors (Lipinski definition) is 2. The smallest absolute Gasteiger partial charge is 0.243 e. The molecule has 0 aliphatic heterocycles. The fourth-order valence-corrected chi connectivity index (χ4v) is 2.78. The maximum atomic E-state index is 12.3. The molecule has 2 aromatic carbocycles. The maximum absolute atomic E-state index is 12.3. The molecule has 0 aliphatic carbocycles. The lowest BCUT2D eigenvalue weighted by molar-refractivity contribution is -0.128. The molecule has 6 nitrogen and oxygen atoms in total. The van der Waals surface area contributed by atoms with E-state index in [0.29, 0.717) is 25.4 Å². The van der Waals surface area contributed by atoms with E-state index in [0.717, 1.165) is 29.1 Å². The van der Waals surface area contributed by atoms with Gasteiger partial charge in [0.05, 0.1) is 13.2 Å². The topological polar surface area (TPSA) is 70.7 Å². The van der Waals surface area contributed by atoms with Crippen molar-refractivity contribution in [1.29, 1.82) is 0 Å². The first-order valence-corrected chi connectivity index (χ1v) is 10.4. The Labute approximate surface area is 179 Å². The Kier molecular flexibility index (Phi) is 9.19. The monoisotopic (exact) mass is 411 g/mol. The molecule has 2 N–H and O–H groups in total. The normalized spacial score (nSPS) is 10.6. The van der Waals surface area contributed by atoms with E-state index in [1.165, 1.54) is 0 Å². The van der Waals surface area contributed by atoms with E-state index in [2.05, 4.69) is 24.5 Å². The number of rotatable bonds is 11. The van der Waals surface area contributed by atoms with Gasteiger partial charge in [-0.05, 0) is 48.6 Å². The molecule has 6 heteroatoms. The lowest BCUT2D eigenvalue weighted by Gasteiger charge is -2.12. The number of amides is 2. The number of ether oxygens (including phenoxy) is 1. The van der Waals surface area contributed by atoms with E-state index in [9.17, 15) is 9.59 Å². The predicted octanol–water partition coefficient (Wildman–Crippen LogP) is 4.18. The minimum atomic E-state index is -0.136. The van der Waals surface area contributed by atoms with Gasteiger partial charge in [-0.3, -0.25) is 9.59 Å². The van der Waals surface area contributed by atoms with Gasteiger partial charge in [0.15, 0.2) is 0 Å². The molecule has 0 fully saturated rings. The van der Waals surface area contributed by atoms with Crippen molar-refractivity contribution in [3.63, 3.8) is 0 Å². The minimum absolute atomic E-state index is 0.0871. The first-order valence-electron chi connectivity index (χ1n) is 10.4. The molecule has 162 valence electrons. The summed E-state index contributed by atoms with van der Waals surface area (Å²) in [6, 6.07) is 15.2. The van der Waals surface area contributed by atoms with Crippen molar-refractivity contribution in [3.05, 3.63) is 54.1 Å². The SMILES string of the molecule is CC(C)CCOc1cccc(NCC(=O)Nc2cccc(CCC(=O)N(C)C)c2)c1. The summed E-state index contributed by atoms with van der Waals surface area (Å²) in [5.41, 5.74) is 2.58. The zero-order chi connectivity index (χ0) is 21.9. The molecule has 2 rings (SSSR count). The second-order valence-corrected chi connectivity index (χ2v) is 7.95. The summed E-state index contributed by atoms with van der Waals surface area (Å²) in [6.07, 6.45) is 2.09. The average molecular weight is 412 g/mol. The van der Waals surface area contributed by atoms with E-state index in [1.807, 2.05) is 48.5 Å². The quantitative estimate of drug-likeness (QED) is 0.582. The summed E-state index contributed by atoms with van der Waals surface area (Å²) >= 11 is 0. The van der Waals surface area contributed by atoms with Crippen molar-refractivity contribution < 1.29 is 14.3 Å². The summed E-state index contributed by atoms with van der Waals surface area (Å²) in [5.74, 6) is 1.34. The van der Waals surface area contributed by atoms with Gasteiger partial charge in [-0.25, -0.2) is 0 Å². The van der Waals surface area contributed by atoms with Crippen LogP contribution in [0.3, 0.4) is 0 Å². The van der Waals surface area contributed by atoms with Gasteiger partial charge in [0.1, 0.15) is 5.75 Å². The Bertz CT molecular complexity index is 834. The van der Waals surface area contributed by atoms with E-state index < -0.39 is 0 Å². The van der Waals surface area contributed by atoms with Gasteiger partial charge in [-0.2, -0.15) is 0 Å². The van der Waals surface area contributed by atoms with Crippen molar-refractivity contribution in [2.45, 2.75) is 33.1 Å². The third-order valence-electron chi connectivity index (χ3n) is 4.59. The van der Waals surface area contributed by atoms with Crippen molar-refractivity contribution in [3.8, 4) is 5.75 Å². The lowest BCUT2D eigenvalue weighted by Crippen LogP contribution is -2.22. The lowest BCUT2D eigenvalue weighted by atomic mass is 10.1. The van der Waals surface area contributed by atoms with Crippen molar-refractivity contribution >= 4 is 23.2 Å². The Morgan fingerprint density at radius 1 is 1.03 bits per heavy atom. The van der Waals surface area contributed by atoms with Crippen LogP contribution in [-0.2, 0) is 16.0 Å². The number of aryl methyl sites for hydroxylation is 1. The Morgan fingerprint density at radius 3 is 2.50 bits per heavy atom. The molecular weight excluding hydrogens is 378 g/mol. The third kappa shape index (κ3) is 8.55. The molecule has 0 aliphatic rings. The fourth-order valence-electron chi connectivity index (χ4n) is 2.78. The minimum Gasteiger partial charge on any atom is -0.494 e. The van der Waals surface area contributed by atoms with Gasteiger partial charge in [0.2, 0.25) is 11.8 Å². The molecule has 0 bridgehead atoms. The van der Waals surface area contributed by atoms with Crippen LogP contribution in [0.25, 0.3) is 0 Å². The highest BCUT2D eigenvalue weighted by Crippen LogP contribution is 2.18. The number of anilines is 2. The molecule has 30 heavy (non-hydrogen) atoms. The van der Waals surface area contributed by atoms with Crippen molar-refractivity contribution in [2.75, 3.05) is 37.9 Å². The molecule has 2 amide bonds. The number of carbonyl (C=O) groups excluding carboxylic acids is 2. The van der Waals surface area contributed by atoms with Gasteiger partial charge in [-0.15, -0.1) is 0 Å². The molecule has 0 atom stereocenters. The number of nitrogens with one attached hydrogen (secondary N) is 2. The van der Waals surface area contributed by atoms with Crippen LogP contribution in [-0.4, -0.2) is 44.0 Å². The van der Waals surface area contributed by atoms with Crippen LogP contribution in [0.15, 0.2) is 48.5 Å². The van der Waals surface area contributed by atoms with Crippen LogP contribution in [0.4, 0.5) is 11.4 Å². The van der Waals surface area contributed by atoms with E-state index in [1.54, 1.807) is 19.0 Å². The largest absolute Gasteiger partial charge is 0.494 e. The zero-order valence-corrected chi connectivity index (χ0v) is 18.4. The standard InChI is InChI=1S/C24H33N3O3/c1-18(2)13-14-30-22-10-6-8-20(16-22)25-17-23(28)26-21-9-5-7-19(15-21)11-12-24(29)27(3)4/h5-10,15-16,18,25H,11-14,17H2,1-4H3,(H,26,28). The number of nitrogens with zero attached hydrogens (tertiary/aromatic N) is 1. The Morgan fingerprint density at radius 2 is 1.77 bits per heavy atom. The molecule has 0 spiro atoms. The molecule has 0 heterocycles. The van der Waals surface area contributed by atoms with Gasteiger partial charge >= 0.3 is 0 Å². The van der Waals surface area contributed by atoms with Crippen LogP contribution in [0.5, 0.6) is 5.75 Å². The Balaban J connectivity index is 1.82. The first-order chi connectivity index (χ1) is 14.3. The summed E-state index contributed by atoms with van der Waals surface area (Å²) in [5, 5.41) is 6.03. The number of carbonyl (C=O) groups is 2. The highest BCUT2D eigenvalue weighted by atomic mass is 16.5. The highest BCUT2D eigenvalue weighted by molar-refractivity contribution is 5.93. The van der Waals surface area contributed by atoms with Crippen molar-refractivity contribution in [1.82, 2.24) is 4.90 Å².